The molecule has 2 aromatic heterocycles. The van der Waals surface area contributed by atoms with Crippen molar-refractivity contribution in [2.24, 2.45) is 5.41 Å². The molecular formula is C26H37N3O5S. The third kappa shape index (κ3) is 5.86. The molecule has 9 heteroatoms. The lowest BCUT2D eigenvalue weighted by Gasteiger charge is -2.24. The third-order valence-corrected chi connectivity index (χ3v) is 6.94. The summed E-state index contributed by atoms with van der Waals surface area (Å²) in [6, 6.07) is 10.0. The average molecular weight is 504 g/mol. The van der Waals surface area contributed by atoms with Gasteiger partial charge in [-0.05, 0) is 61.6 Å². The second kappa shape index (κ2) is 11.5. The first-order chi connectivity index (χ1) is 16.7. The van der Waals surface area contributed by atoms with Crippen molar-refractivity contribution in [1.82, 2.24) is 9.55 Å². The highest BCUT2D eigenvalue weighted by atomic mass is 32.2. The van der Waals surface area contributed by atoms with E-state index in [9.17, 15) is 13.5 Å². The van der Waals surface area contributed by atoms with Crippen molar-refractivity contribution in [1.29, 1.82) is 0 Å². The number of benzene rings is 1. The highest BCUT2D eigenvalue weighted by molar-refractivity contribution is 7.72. The van der Waals surface area contributed by atoms with Gasteiger partial charge in [0, 0.05) is 42.9 Å². The summed E-state index contributed by atoms with van der Waals surface area (Å²) in [4.78, 5) is 10.2. The van der Waals surface area contributed by atoms with Crippen LogP contribution in [0.2, 0.25) is 0 Å². The van der Waals surface area contributed by atoms with Crippen molar-refractivity contribution >= 4 is 27.3 Å². The number of thiol groups is 1. The van der Waals surface area contributed by atoms with Gasteiger partial charge in [0.1, 0.15) is 10.7 Å². The van der Waals surface area contributed by atoms with E-state index in [1.54, 1.807) is 18.4 Å². The molecule has 0 aliphatic carbocycles. The number of ether oxygens (including phenoxy) is 1. The predicted octanol–water partition coefficient (Wildman–Crippen LogP) is 3.97. The zero-order valence-corrected chi connectivity index (χ0v) is 22.3. The zero-order chi connectivity index (χ0) is 25.8. The van der Waals surface area contributed by atoms with Gasteiger partial charge < -0.3 is 14.4 Å². The number of hydrogen-bond acceptors (Lipinski definition) is 7. The Labute approximate surface area is 209 Å². The van der Waals surface area contributed by atoms with Crippen LogP contribution in [0, 0.1) is 5.41 Å². The first-order valence-electron chi connectivity index (χ1n) is 11.8. The average Bonchev–Trinajstić information content (AvgIpc) is 3.15. The van der Waals surface area contributed by atoms with Crippen LogP contribution in [0.1, 0.15) is 45.1 Å². The quantitative estimate of drug-likeness (QED) is 0.285. The molecular weight excluding hydrogens is 466 g/mol. The lowest BCUT2D eigenvalue weighted by Crippen LogP contribution is -2.25. The molecule has 3 rings (SSSR count). The highest BCUT2D eigenvalue weighted by Crippen LogP contribution is 2.41. The summed E-state index contributed by atoms with van der Waals surface area (Å²) in [6.07, 6.45) is 2.22. The van der Waals surface area contributed by atoms with Crippen molar-refractivity contribution in [2.75, 3.05) is 38.2 Å². The molecule has 0 spiro atoms. The van der Waals surface area contributed by atoms with E-state index in [1.165, 1.54) is 7.11 Å². The van der Waals surface area contributed by atoms with Gasteiger partial charge in [-0.1, -0.05) is 13.8 Å². The molecule has 0 saturated heterocycles. The molecule has 0 amide bonds. The van der Waals surface area contributed by atoms with Crippen molar-refractivity contribution in [3.05, 3.63) is 47.8 Å². The lowest BCUT2D eigenvalue weighted by molar-refractivity contribution is 0.116. The molecule has 2 heterocycles. The number of methoxy groups -OCH3 is 1. The number of rotatable bonds is 12. The monoisotopic (exact) mass is 503 g/mol. The number of hydroxylamine groups is 1. The Hall–Kier alpha value is -2.46. The number of aromatic nitrogens is 2. The minimum absolute atomic E-state index is 0.000778. The molecule has 0 aliphatic heterocycles. The predicted molar refractivity (Wildman–Crippen MR) is 140 cm³/mol. The number of anilines is 1. The van der Waals surface area contributed by atoms with Gasteiger partial charge in [0.15, 0.2) is 0 Å². The largest absolute Gasteiger partial charge is 0.396 e. The first-order valence-corrected chi connectivity index (χ1v) is 13.2. The van der Waals surface area contributed by atoms with Crippen LogP contribution in [0.4, 0.5) is 5.69 Å². The summed E-state index contributed by atoms with van der Waals surface area (Å²) in [5.74, 6) is 0.000778. The number of aryl methyl sites for hydroxylation is 1. The Balaban J connectivity index is 2.33. The molecule has 3 aromatic rings. The van der Waals surface area contributed by atoms with E-state index >= 15 is 0 Å². The van der Waals surface area contributed by atoms with Crippen LogP contribution in [-0.4, -0.2) is 56.2 Å². The van der Waals surface area contributed by atoms with E-state index < -0.39 is 10.7 Å². The molecule has 0 saturated carbocycles. The van der Waals surface area contributed by atoms with Crippen LogP contribution < -0.4 is 5.06 Å². The van der Waals surface area contributed by atoms with E-state index in [-0.39, 0.29) is 30.4 Å². The van der Waals surface area contributed by atoms with Crippen LogP contribution in [0.3, 0.4) is 0 Å². The molecule has 0 unspecified atom stereocenters. The molecule has 0 radical (unpaired) electrons. The van der Waals surface area contributed by atoms with Crippen molar-refractivity contribution in [3.63, 3.8) is 0 Å². The van der Waals surface area contributed by atoms with Crippen LogP contribution in [0.5, 0.6) is 0 Å². The summed E-state index contributed by atoms with van der Waals surface area (Å²) >= 11 is 0. The van der Waals surface area contributed by atoms with E-state index in [0.29, 0.717) is 6.42 Å². The molecule has 1 aromatic carbocycles. The molecule has 1 N–H and O–H groups in total. The SMILES string of the molecule is CCn1c(-c2cccnc2[C@H](C)OC)c(CC(C)(C)CO)c2cc(N(CC[SH](=O)=O)OC)ccc21. The van der Waals surface area contributed by atoms with Crippen LogP contribution in [-0.2, 0) is 33.2 Å². The fourth-order valence-corrected chi connectivity index (χ4v) is 4.81. The third-order valence-electron chi connectivity index (χ3n) is 6.38. The van der Waals surface area contributed by atoms with Gasteiger partial charge in [0.05, 0.1) is 42.6 Å². The molecule has 0 bridgehead atoms. The van der Waals surface area contributed by atoms with Gasteiger partial charge in [-0.3, -0.25) is 14.9 Å². The van der Waals surface area contributed by atoms with Crippen molar-refractivity contribution in [3.8, 4) is 11.3 Å². The minimum atomic E-state index is -2.51. The Morgan fingerprint density at radius 3 is 2.57 bits per heavy atom. The fraction of sp³-hybridized carbons (Fsp3) is 0.500. The molecule has 0 aliphatic rings. The van der Waals surface area contributed by atoms with Crippen molar-refractivity contribution in [2.45, 2.75) is 46.8 Å². The number of aliphatic hydroxyl groups excluding tert-OH is 1. The Morgan fingerprint density at radius 2 is 1.97 bits per heavy atom. The first kappa shape index (κ1) is 27.1. The summed E-state index contributed by atoms with van der Waals surface area (Å²) in [7, 11) is 0.704. The lowest BCUT2D eigenvalue weighted by atomic mass is 9.84. The van der Waals surface area contributed by atoms with Crippen molar-refractivity contribution < 1.29 is 23.1 Å². The van der Waals surface area contributed by atoms with Gasteiger partial charge in [0.2, 0.25) is 0 Å². The van der Waals surface area contributed by atoms with Gasteiger partial charge in [-0.15, -0.1) is 0 Å². The Bertz CT molecular complexity index is 1230. The number of pyridine rings is 1. The summed E-state index contributed by atoms with van der Waals surface area (Å²) in [5, 5.41) is 12.7. The van der Waals surface area contributed by atoms with Gasteiger partial charge in [-0.2, -0.15) is 0 Å². The van der Waals surface area contributed by atoms with Crippen LogP contribution in [0.25, 0.3) is 22.2 Å². The summed E-state index contributed by atoms with van der Waals surface area (Å²) < 4.78 is 30.3. The van der Waals surface area contributed by atoms with Gasteiger partial charge in [0.25, 0.3) is 0 Å². The second-order valence-electron chi connectivity index (χ2n) is 9.43. The molecule has 35 heavy (non-hydrogen) atoms. The standard InChI is InChI=1S/C26H37N3O5S/c1-7-28-23-11-10-19(29(34-6)13-14-35(31)32)15-21(23)22(16-26(3,4)17-30)25(28)20-9-8-12-27-24(20)18(2)33-5/h8-12,15,18,30,35H,7,13-14,16-17H2,1-6H3/t18-/m0/s1. The smallest absolute Gasteiger partial charge is 0.141 e. The molecule has 1 atom stereocenters. The summed E-state index contributed by atoms with van der Waals surface area (Å²) in [5.41, 5.74) is 5.49. The summed E-state index contributed by atoms with van der Waals surface area (Å²) in [6.45, 7) is 9.20. The second-order valence-corrected chi connectivity index (χ2v) is 10.5. The van der Waals surface area contributed by atoms with Crippen LogP contribution in [0.15, 0.2) is 36.5 Å². The van der Waals surface area contributed by atoms with E-state index in [2.05, 4.69) is 22.5 Å². The maximum Gasteiger partial charge on any atom is 0.141 e. The maximum atomic E-state index is 11.2. The van der Waals surface area contributed by atoms with Crippen LogP contribution >= 0.6 is 0 Å². The fourth-order valence-electron chi connectivity index (χ4n) is 4.47. The molecule has 0 fully saturated rings. The van der Waals surface area contributed by atoms with E-state index in [1.807, 2.05) is 45.0 Å². The number of hydrogen-bond donors (Lipinski definition) is 2. The number of fused-ring (bicyclic) bond motifs is 1. The maximum absolute atomic E-state index is 11.2. The Kier molecular flexibility index (Phi) is 8.93. The zero-order valence-electron chi connectivity index (χ0n) is 21.4. The van der Waals surface area contributed by atoms with Gasteiger partial charge >= 0.3 is 0 Å². The Morgan fingerprint density at radius 1 is 1.23 bits per heavy atom. The van der Waals surface area contributed by atoms with E-state index in [4.69, 9.17) is 9.57 Å². The molecule has 8 nitrogen and oxygen atoms in total. The highest BCUT2D eigenvalue weighted by Gasteiger charge is 2.27. The normalized spacial score (nSPS) is 13.0. The number of aliphatic hydroxyl groups is 1. The molecule has 192 valence electrons. The minimum Gasteiger partial charge on any atom is -0.396 e. The topological polar surface area (TPSA) is 93.9 Å². The number of nitrogens with zero attached hydrogens (tertiary/aromatic N) is 3. The van der Waals surface area contributed by atoms with Gasteiger partial charge in [-0.25, -0.2) is 8.42 Å². The van der Waals surface area contributed by atoms with E-state index in [0.717, 1.165) is 45.6 Å².